The van der Waals surface area contributed by atoms with E-state index < -0.39 is 0 Å². The second-order valence-electron chi connectivity index (χ2n) is 7.10. The molecule has 3 rings (SSSR count). The number of ether oxygens (including phenoxy) is 1. The summed E-state index contributed by atoms with van der Waals surface area (Å²) in [5, 5.41) is 22.8. The maximum absolute atomic E-state index is 12.3. The summed E-state index contributed by atoms with van der Waals surface area (Å²) < 4.78 is 5.33. The van der Waals surface area contributed by atoms with Crippen LogP contribution in [0.3, 0.4) is 0 Å². The molecular weight excluding hydrogens is 428 g/mol. The van der Waals surface area contributed by atoms with E-state index in [1.807, 2.05) is 36.4 Å². The molecule has 3 aromatic carbocycles. The Morgan fingerprint density at radius 1 is 1.03 bits per heavy atom. The van der Waals surface area contributed by atoms with Gasteiger partial charge in [-0.2, -0.15) is 0 Å². The number of benzene rings is 3. The van der Waals surface area contributed by atoms with Crippen molar-refractivity contribution in [2.75, 3.05) is 20.2 Å². The van der Waals surface area contributed by atoms with Gasteiger partial charge in [0, 0.05) is 35.7 Å². The highest BCUT2D eigenvalue weighted by atomic mass is 35.5. The fourth-order valence-corrected chi connectivity index (χ4v) is 3.33. The van der Waals surface area contributed by atoms with Gasteiger partial charge in [0.1, 0.15) is 5.75 Å². The molecule has 0 saturated carbocycles. The van der Waals surface area contributed by atoms with Crippen LogP contribution in [0.2, 0.25) is 5.02 Å². The van der Waals surface area contributed by atoms with E-state index in [1.165, 1.54) is 6.07 Å². The van der Waals surface area contributed by atoms with Crippen molar-refractivity contribution in [3.8, 4) is 17.2 Å². The number of nitrogens with one attached hydrogen (secondary N) is 1. The Hall–Kier alpha value is -3.51. The molecule has 0 saturated heterocycles. The standard InChI is InChI=1S/C25H25ClN2O4/c1-32-21-6-2-5-19(16-21)24(17-8-10-20(26)11-9-17)28-15-13-23(30)27-14-12-18-4-3-7-22(29)25(18)31/h2-11,16,29,31H,12-15H2,1H3,(H,27,30)/b28-24-. The average Bonchev–Trinajstić information content (AvgIpc) is 2.80. The number of aliphatic imine (C=N–C) groups is 1. The Bertz CT molecular complexity index is 1100. The molecule has 166 valence electrons. The third kappa shape index (κ3) is 6.25. The Morgan fingerprint density at radius 3 is 2.53 bits per heavy atom. The zero-order valence-corrected chi connectivity index (χ0v) is 18.5. The molecule has 0 aliphatic carbocycles. The van der Waals surface area contributed by atoms with Gasteiger partial charge in [-0.3, -0.25) is 9.79 Å². The van der Waals surface area contributed by atoms with Gasteiger partial charge in [0.15, 0.2) is 11.5 Å². The van der Waals surface area contributed by atoms with Gasteiger partial charge in [-0.25, -0.2) is 0 Å². The molecule has 7 heteroatoms. The number of para-hydroxylation sites is 1. The van der Waals surface area contributed by atoms with E-state index in [1.54, 1.807) is 31.4 Å². The van der Waals surface area contributed by atoms with Crippen molar-refractivity contribution in [2.45, 2.75) is 12.8 Å². The summed E-state index contributed by atoms with van der Waals surface area (Å²) in [6, 6.07) is 19.7. The lowest BCUT2D eigenvalue weighted by Gasteiger charge is -2.10. The minimum Gasteiger partial charge on any atom is -0.504 e. The maximum atomic E-state index is 12.3. The largest absolute Gasteiger partial charge is 0.504 e. The summed E-state index contributed by atoms with van der Waals surface area (Å²) in [6.07, 6.45) is 0.627. The number of nitrogens with zero attached hydrogens (tertiary/aromatic N) is 1. The Labute approximate surface area is 192 Å². The monoisotopic (exact) mass is 452 g/mol. The summed E-state index contributed by atoms with van der Waals surface area (Å²) in [6.45, 7) is 0.651. The predicted octanol–water partition coefficient (Wildman–Crippen LogP) is 4.35. The quantitative estimate of drug-likeness (QED) is 0.332. The highest BCUT2D eigenvalue weighted by Crippen LogP contribution is 2.28. The molecule has 6 nitrogen and oxygen atoms in total. The fourth-order valence-electron chi connectivity index (χ4n) is 3.20. The molecule has 0 radical (unpaired) electrons. The Kier molecular flexibility index (Phi) is 8.11. The van der Waals surface area contributed by atoms with Crippen LogP contribution in [-0.4, -0.2) is 42.0 Å². The second-order valence-corrected chi connectivity index (χ2v) is 7.54. The molecule has 0 aliphatic heterocycles. The highest BCUT2D eigenvalue weighted by Gasteiger charge is 2.10. The SMILES string of the molecule is COc1cccc(/C(=N\CCC(=O)NCCc2cccc(O)c2O)c2ccc(Cl)cc2)c1. The third-order valence-electron chi connectivity index (χ3n) is 4.88. The Balaban J connectivity index is 1.64. The molecule has 3 N–H and O–H groups in total. The van der Waals surface area contributed by atoms with Gasteiger partial charge in [-0.15, -0.1) is 0 Å². The number of halogens is 1. The van der Waals surface area contributed by atoms with Crippen molar-refractivity contribution in [1.29, 1.82) is 0 Å². The maximum Gasteiger partial charge on any atom is 0.221 e. The Morgan fingerprint density at radius 2 is 1.78 bits per heavy atom. The summed E-state index contributed by atoms with van der Waals surface area (Å²) in [7, 11) is 1.61. The molecule has 0 heterocycles. The number of rotatable bonds is 9. The summed E-state index contributed by atoms with van der Waals surface area (Å²) in [5.41, 5.74) is 3.10. The molecule has 32 heavy (non-hydrogen) atoms. The van der Waals surface area contributed by atoms with Gasteiger partial charge in [0.25, 0.3) is 0 Å². The molecular formula is C25H25ClN2O4. The first kappa shape index (κ1) is 23.2. The molecule has 0 spiro atoms. The van der Waals surface area contributed by atoms with E-state index in [4.69, 9.17) is 16.3 Å². The van der Waals surface area contributed by atoms with Crippen molar-refractivity contribution >= 4 is 23.2 Å². The van der Waals surface area contributed by atoms with Crippen molar-refractivity contribution in [3.63, 3.8) is 0 Å². The van der Waals surface area contributed by atoms with Crippen LogP contribution in [-0.2, 0) is 11.2 Å². The van der Waals surface area contributed by atoms with Crippen LogP contribution in [0.25, 0.3) is 0 Å². The van der Waals surface area contributed by atoms with Gasteiger partial charge in [-0.1, -0.05) is 48.0 Å². The van der Waals surface area contributed by atoms with Gasteiger partial charge in [-0.05, 0) is 42.3 Å². The lowest BCUT2D eigenvalue weighted by atomic mass is 10.0. The third-order valence-corrected chi connectivity index (χ3v) is 5.14. The van der Waals surface area contributed by atoms with Crippen molar-refractivity contribution in [2.24, 2.45) is 4.99 Å². The highest BCUT2D eigenvalue weighted by molar-refractivity contribution is 6.30. The van der Waals surface area contributed by atoms with Crippen LogP contribution in [0.1, 0.15) is 23.1 Å². The number of carbonyl (C=O) groups is 1. The van der Waals surface area contributed by atoms with E-state index in [0.717, 1.165) is 22.6 Å². The zero-order chi connectivity index (χ0) is 22.9. The number of phenolic OH excluding ortho intramolecular Hbond substituents is 2. The van der Waals surface area contributed by atoms with Gasteiger partial charge < -0.3 is 20.3 Å². The summed E-state index contributed by atoms with van der Waals surface area (Å²) in [4.78, 5) is 16.9. The zero-order valence-electron chi connectivity index (χ0n) is 17.7. The number of aromatic hydroxyl groups is 2. The first-order valence-corrected chi connectivity index (χ1v) is 10.6. The molecule has 1 amide bonds. The van der Waals surface area contributed by atoms with Crippen LogP contribution >= 0.6 is 11.6 Å². The van der Waals surface area contributed by atoms with Gasteiger partial charge in [0.05, 0.1) is 12.8 Å². The van der Waals surface area contributed by atoms with Crippen LogP contribution in [0.4, 0.5) is 0 Å². The predicted molar refractivity (Wildman–Crippen MR) is 126 cm³/mol. The minimum atomic E-state index is -0.171. The van der Waals surface area contributed by atoms with Crippen molar-refractivity contribution in [1.82, 2.24) is 5.32 Å². The summed E-state index contributed by atoms with van der Waals surface area (Å²) >= 11 is 6.02. The van der Waals surface area contributed by atoms with Crippen LogP contribution in [0.5, 0.6) is 17.2 Å². The van der Waals surface area contributed by atoms with E-state index in [2.05, 4.69) is 10.3 Å². The molecule has 0 atom stereocenters. The first-order valence-electron chi connectivity index (χ1n) is 10.2. The number of amides is 1. The van der Waals surface area contributed by atoms with E-state index >= 15 is 0 Å². The van der Waals surface area contributed by atoms with Crippen LogP contribution < -0.4 is 10.1 Å². The van der Waals surface area contributed by atoms with Crippen LogP contribution in [0, 0.1) is 0 Å². The number of hydrogen-bond acceptors (Lipinski definition) is 5. The molecule has 0 bridgehead atoms. The van der Waals surface area contributed by atoms with Crippen LogP contribution in [0.15, 0.2) is 71.7 Å². The molecule has 0 unspecified atom stereocenters. The van der Waals surface area contributed by atoms with E-state index in [0.29, 0.717) is 30.1 Å². The van der Waals surface area contributed by atoms with Crippen molar-refractivity contribution in [3.05, 3.63) is 88.4 Å². The first-order chi connectivity index (χ1) is 15.5. The number of methoxy groups -OCH3 is 1. The molecule has 0 fully saturated rings. The number of hydrogen-bond donors (Lipinski definition) is 3. The minimum absolute atomic E-state index is 0.144. The van der Waals surface area contributed by atoms with E-state index in [-0.39, 0.29) is 23.8 Å². The summed E-state index contributed by atoms with van der Waals surface area (Å²) in [5.74, 6) is 0.249. The van der Waals surface area contributed by atoms with Gasteiger partial charge >= 0.3 is 0 Å². The second kappa shape index (κ2) is 11.2. The molecule has 3 aromatic rings. The van der Waals surface area contributed by atoms with Crippen molar-refractivity contribution < 1.29 is 19.7 Å². The number of phenols is 2. The smallest absolute Gasteiger partial charge is 0.221 e. The molecule has 0 aliphatic rings. The number of carbonyl (C=O) groups excluding carboxylic acids is 1. The normalized spacial score (nSPS) is 11.2. The topological polar surface area (TPSA) is 91.2 Å². The van der Waals surface area contributed by atoms with E-state index in [9.17, 15) is 15.0 Å². The fraction of sp³-hybridized carbons (Fsp3) is 0.200. The lowest BCUT2D eigenvalue weighted by Crippen LogP contribution is -2.26. The molecule has 0 aromatic heterocycles. The lowest BCUT2D eigenvalue weighted by molar-refractivity contribution is -0.120. The van der Waals surface area contributed by atoms with Gasteiger partial charge in [0.2, 0.25) is 5.91 Å². The average molecular weight is 453 g/mol.